The van der Waals surface area contributed by atoms with E-state index in [-0.39, 0.29) is 7.43 Å². The Morgan fingerprint density at radius 1 is 1.00 bits per heavy atom. The molecule has 5 nitrogen and oxygen atoms in total. The van der Waals surface area contributed by atoms with Gasteiger partial charge in [0.2, 0.25) is 0 Å². The van der Waals surface area contributed by atoms with E-state index in [1.54, 1.807) is 0 Å². The van der Waals surface area contributed by atoms with Crippen LogP contribution in [0.5, 0.6) is 0 Å². The average Bonchev–Trinajstić information content (AvgIpc) is 2.16. The van der Waals surface area contributed by atoms with Crippen LogP contribution >= 0.6 is 0 Å². The van der Waals surface area contributed by atoms with Crippen molar-refractivity contribution in [3.63, 3.8) is 0 Å². The first kappa shape index (κ1) is 14.5. The van der Waals surface area contributed by atoms with Crippen LogP contribution in [-0.4, -0.2) is 22.5 Å². The van der Waals surface area contributed by atoms with Crippen molar-refractivity contribution in [3.05, 3.63) is 42.6 Å². The number of para-hydroxylation sites is 1. The minimum Gasteiger partial charge on any atom is -0.264 e. The van der Waals surface area contributed by atoms with Gasteiger partial charge in [-0.2, -0.15) is 8.42 Å². The third-order valence-electron chi connectivity index (χ3n) is 1.51. The molecule has 0 atom stereocenters. The molecule has 16 heavy (non-hydrogen) atoms. The Morgan fingerprint density at radius 2 is 1.50 bits per heavy atom. The van der Waals surface area contributed by atoms with E-state index < -0.39 is 10.4 Å². The Morgan fingerprint density at radius 3 is 2.06 bits per heavy atom. The van der Waals surface area contributed by atoms with Crippen molar-refractivity contribution in [2.24, 2.45) is 0 Å². The fraction of sp³-hybridized carbons (Fsp3) is 0.100. The molecule has 0 aliphatic heterocycles. The summed E-state index contributed by atoms with van der Waals surface area (Å²) in [7, 11) is -4.67. The smallest absolute Gasteiger partial charge is 0.264 e. The number of aromatic nitrogens is 1. The van der Waals surface area contributed by atoms with E-state index in [2.05, 4.69) is 17.1 Å². The molecule has 0 saturated carbocycles. The van der Waals surface area contributed by atoms with Crippen LogP contribution in [0, 0.1) is 0 Å². The van der Waals surface area contributed by atoms with Gasteiger partial charge in [-0.25, -0.2) is 0 Å². The third-order valence-corrected chi connectivity index (χ3v) is 1.51. The molecule has 2 rings (SSSR count). The molecule has 0 aliphatic rings. The SMILES string of the molecule is C.O=S(=O)(O)O.c1ccc2ncccc2c1. The van der Waals surface area contributed by atoms with E-state index in [0.29, 0.717) is 0 Å². The van der Waals surface area contributed by atoms with Crippen LogP contribution in [0.4, 0.5) is 0 Å². The number of hydrogen-bond acceptors (Lipinski definition) is 3. The van der Waals surface area contributed by atoms with Crippen LogP contribution in [-0.2, 0) is 10.4 Å². The Labute approximate surface area is 94.3 Å². The molecule has 0 fully saturated rings. The molecule has 0 unspecified atom stereocenters. The lowest BCUT2D eigenvalue weighted by Crippen LogP contribution is -1.89. The predicted octanol–water partition coefficient (Wildman–Crippen LogP) is 2.22. The first-order chi connectivity index (χ1) is 6.97. The van der Waals surface area contributed by atoms with Gasteiger partial charge in [-0.15, -0.1) is 0 Å². The van der Waals surface area contributed by atoms with Crippen molar-refractivity contribution in [2.75, 3.05) is 0 Å². The summed E-state index contributed by atoms with van der Waals surface area (Å²) in [6.07, 6.45) is 1.81. The van der Waals surface area contributed by atoms with Gasteiger partial charge in [-0.05, 0) is 12.1 Å². The van der Waals surface area contributed by atoms with Gasteiger partial charge >= 0.3 is 10.4 Å². The van der Waals surface area contributed by atoms with Gasteiger partial charge in [0.05, 0.1) is 5.52 Å². The first-order valence-corrected chi connectivity index (χ1v) is 5.36. The predicted molar refractivity (Wildman–Crippen MR) is 62.7 cm³/mol. The third kappa shape index (κ3) is 6.07. The van der Waals surface area contributed by atoms with E-state index in [1.807, 2.05) is 30.5 Å². The molecular weight excluding hydrogens is 230 g/mol. The maximum Gasteiger partial charge on any atom is 0.394 e. The van der Waals surface area contributed by atoms with E-state index >= 15 is 0 Å². The maximum absolute atomic E-state index is 8.74. The molecule has 1 aromatic carbocycles. The summed E-state index contributed by atoms with van der Waals surface area (Å²) in [5.41, 5.74) is 1.06. The van der Waals surface area contributed by atoms with Crippen molar-refractivity contribution < 1.29 is 17.5 Å². The number of hydrogen-bond donors (Lipinski definition) is 2. The first-order valence-electron chi connectivity index (χ1n) is 3.96. The van der Waals surface area contributed by atoms with Crippen LogP contribution in [0.1, 0.15) is 7.43 Å². The monoisotopic (exact) mass is 243 g/mol. The lowest BCUT2D eigenvalue weighted by atomic mass is 10.2. The minimum atomic E-state index is -4.67. The molecule has 0 radical (unpaired) electrons. The highest BCUT2D eigenvalue weighted by Gasteiger charge is 1.86. The molecule has 88 valence electrons. The van der Waals surface area contributed by atoms with Crippen LogP contribution in [0.2, 0.25) is 0 Å². The molecule has 0 spiro atoms. The van der Waals surface area contributed by atoms with Gasteiger partial charge < -0.3 is 0 Å². The zero-order valence-electron chi connectivity index (χ0n) is 7.61. The second-order valence-electron chi connectivity index (χ2n) is 2.64. The van der Waals surface area contributed by atoms with Gasteiger partial charge in [0.25, 0.3) is 0 Å². The molecule has 2 N–H and O–H groups in total. The summed E-state index contributed by atoms with van der Waals surface area (Å²) in [6, 6.07) is 12.1. The number of pyridine rings is 1. The van der Waals surface area contributed by atoms with Gasteiger partial charge in [0.1, 0.15) is 0 Å². The molecule has 0 bridgehead atoms. The maximum atomic E-state index is 8.74. The molecule has 0 amide bonds. The average molecular weight is 243 g/mol. The van der Waals surface area contributed by atoms with Gasteiger partial charge in [0, 0.05) is 11.6 Å². The second kappa shape index (κ2) is 6.16. The van der Waals surface area contributed by atoms with Crippen LogP contribution < -0.4 is 0 Å². The number of fused-ring (bicyclic) bond motifs is 1. The van der Waals surface area contributed by atoms with Gasteiger partial charge in [-0.1, -0.05) is 31.7 Å². The molecule has 2 aromatic rings. The van der Waals surface area contributed by atoms with Crippen LogP contribution in [0.25, 0.3) is 10.9 Å². The van der Waals surface area contributed by atoms with Crippen molar-refractivity contribution in [3.8, 4) is 0 Å². The molecule has 1 heterocycles. The van der Waals surface area contributed by atoms with Crippen LogP contribution in [0.15, 0.2) is 42.6 Å². The lowest BCUT2D eigenvalue weighted by molar-refractivity contribution is 0.381. The highest BCUT2D eigenvalue weighted by Crippen LogP contribution is 2.07. The Hall–Kier alpha value is -1.50. The quantitative estimate of drug-likeness (QED) is 0.693. The summed E-state index contributed by atoms with van der Waals surface area (Å²) in [5, 5.41) is 1.20. The second-order valence-corrected chi connectivity index (χ2v) is 3.54. The van der Waals surface area contributed by atoms with Crippen molar-refractivity contribution >= 4 is 21.3 Å². The molecule has 6 heteroatoms. The van der Waals surface area contributed by atoms with E-state index in [9.17, 15) is 0 Å². The Kier molecular flexibility index (Phi) is 5.59. The minimum absolute atomic E-state index is 0. The van der Waals surface area contributed by atoms with Crippen molar-refractivity contribution in [1.82, 2.24) is 4.98 Å². The fourth-order valence-electron chi connectivity index (χ4n) is 1.02. The van der Waals surface area contributed by atoms with Gasteiger partial charge in [-0.3, -0.25) is 14.1 Å². The highest BCUT2D eigenvalue weighted by molar-refractivity contribution is 7.79. The zero-order chi connectivity index (χ0) is 11.3. The van der Waals surface area contributed by atoms with Gasteiger partial charge in [0.15, 0.2) is 0 Å². The molecule has 1 aromatic heterocycles. The number of nitrogens with zero attached hydrogens (tertiary/aromatic N) is 1. The summed E-state index contributed by atoms with van der Waals surface area (Å²) < 4.78 is 31.6. The topological polar surface area (TPSA) is 87.5 Å². The zero-order valence-corrected chi connectivity index (χ0v) is 8.42. The van der Waals surface area contributed by atoms with Crippen LogP contribution in [0.3, 0.4) is 0 Å². The highest BCUT2D eigenvalue weighted by atomic mass is 32.3. The summed E-state index contributed by atoms with van der Waals surface area (Å²) in [5.74, 6) is 0. The molecule has 0 aliphatic carbocycles. The summed E-state index contributed by atoms with van der Waals surface area (Å²) in [4.78, 5) is 4.18. The summed E-state index contributed by atoms with van der Waals surface area (Å²) >= 11 is 0. The van der Waals surface area contributed by atoms with E-state index in [0.717, 1.165) is 5.52 Å². The Bertz CT molecular complexity index is 466. The normalized spacial score (nSPS) is 9.88. The largest absolute Gasteiger partial charge is 0.394 e. The van der Waals surface area contributed by atoms with E-state index in [1.165, 1.54) is 5.39 Å². The fourth-order valence-corrected chi connectivity index (χ4v) is 1.02. The standard InChI is InChI=1S/C9H7N.CH4.H2O4S/c1-2-6-9-8(4-1)5-3-7-10-9;;1-5(2,3)4/h1-7H;1H4;(H2,1,2,3,4). The number of benzene rings is 1. The molecule has 0 saturated heterocycles. The summed E-state index contributed by atoms with van der Waals surface area (Å²) in [6.45, 7) is 0. The Balaban J connectivity index is 0.000000330. The molecular formula is C10H13NO4S. The lowest BCUT2D eigenvalue weighted by Gasteiger charge is -1.91. The van der Waals surface area contributed by atoms with Crippen molar-refractivity contribution in [1.29, 1.82) is 0 Å². The van der Waals surface area contributed by atoms with E-state index in [4.69, 9.17) is 17.5 Å². The number of rotatable bonds is 0. The van der Waals surface area contributed by atoms with Crippen molar-refractivity contribution in [2.45, 2.75) is 7.43 Å².